The highest BCUT2D eigenvalue weighted by Gasteiger charge is 2.52. The summed E-state index contributed by atoms with van der Waals surface area (Å²) in [5, 5.41) is 4.57. The molecule has 2 amide bonds. The molecule has 0 aliphatic carbocycles. The lowest BCUT2D eigenvalue weighted by molar-refractivity contribution is -0.433. The molecule has 1 rings (SSSR count). The van der Waals surface area contributed by atoms with E-state index in [2.05, 4.69) is 9.37 Å². The summed E-state index contributed by atoms with van der Waals surface area (Å²) in [6, 6.07) is 3.55. The first kappa shape index (κ1) is 22.1. The lowest BCUT2D eigenvalue weighted by atomic mass is 10.2. The van der Waals surface area contributed by atoms with Crippen LogP contribution in [0.3, 0.4) is 0 Å². The fourth-order valence-corrected chi connectivity index (χ4v) is 1.79. The predicted octanol–water partition coefficient (Wildman–Crippen LogP) is 1.71. The van der Waals surface area contributed by atoms with Crippen LogP contribution in [0.25, 0.3) is 0 Å². The summed E-state index contributed by atoms with van der Waals surface area (Å²) < 4.78 is 85.1. The van der Waals surface area contributed by atoms with Crippen molar-refractivity contribution in [3.8, 4) is 0 Å². The first-order chi connectivity index (χ1) is 11.8. The van der Waals surface area contributed by atoms with E-state index in [9.17, 15) is 35.6 Å². The lowest BCUT2D eigenvalue weighted by Crippen LogP contribution is -2.41. The topological polar surface area (TPSA) is 151 Å². The molecule has 0 radical (unpaired) electrons. The SMILES string of the molecule is O=C(Nc1ccc(NC(=O)C(F)(F)S(=O)(=O)O)cc1)C(F)(F)SOOO. The van der Waals surface area contributed by atoms with Crippen LogP contribution in [-0.2, 0) is 29.1 Å². The number of halogens is 4. The summed E-state index contributed by atoms with van der Waals surface area (Å²) in [6.45, 7) is 0. The van der Waals surface area contributed by atoms with Gasteiger partial charge in [-0.3, -0.25) is 14.1 Å². The van der Waals surface area contributed by atoms with Crippen LogP contribution in [0.15, 0.2) is 24.3 Å². The molecule has 4 N–H and O–H groups in total. The van der Waals surface area contributed by atoms with Crippen molar-refractivity contribution in [1.29, 1.82) is 0 Å². The van der Waals surface area contributed by atoms with Gasteiger partial charge in [-0.2, -0.15) is 26.0 Å². The van der Waals surface area contributed by atoms with Gasteiger partial charge in [0.1, 0.15) is 12.0 Å². The molecule has 0 bridgehead atoms. The van der Waals surface area contributed by atoms with Crippen LogP contribution >= 0.6 is 12.0 Å². The van der Waals surface area contributed by atoms with E-state index in [0.717, 1.165) is 24.3 Å². The third kappa shape index (κ3) is 5.51. The molecule has 0 aromatic heterocycles. The van der Waals surface area contributed by atoms with Gasteiger partial charge in [-0.05, 0) is 24.3 Å². The second-order valence-corrected chi connectivity index (χ2v) is 6.50. The first-order valence-corrected chi connectivity index (χ1v) is 8.11. The Balaban J connectivity index is 2.78. The quantitative estimate of drug-likeness (QED) is 0.161. The van der Waals surface area contributed by atoms with Crippen molar-refractivity contribution in [3.05, 3.63) is 24.3 Å². The molecule has 0 saturated heterocycles. The molecule has 1 aromatic carbocycles. The van der Waals surface area contributed by atoms with E-state index in [0.29, 0.717) is 0 Å². The number of benzene rings is 1. The van der Waals surface area contributed by atoms with Crippen LogP contribution in [-0.4, -0.2) is 40.6 Å². The zero-order valence-electron chi connectivity index (χ0n) is 12.0. The normalized spacial score (nSPS) is 12.5. The van der Waals surface area contributed by atoms with Crippen molar-refractivity contribution in [2.75, 3.05) is 10.6 Å². The maximum Gasteiger partial charge on any atom is 0.446 e. The van der Waals surface area contributed by atoms with E-state index in [-0.39, 0.29) is 5.69 Å². The van der Waals surface area contributed by atoms with E-state index in [1.165, 1.54) is 5.32 Å². The Morgan fingerprint density at radius 2 is 1.42 bits per heavy atom. The molecule has 0 atom stereocenters. The number of amides is 2. The molecule has 0 fully saturated rings. The Bertz CT molecular complexity index is 772. The highest BCUT2D eigenvalue weighted by atomic mass is 32.2. The zero-order valence-corrected chi connectivity index (χ0v) is 13.6. The van der Waals surface area contributed by atoms with Gasteiger partial charge in [0.25, 0.3) is 0 Å². The van der Waals surface area contributed by atoms with Crippen molar-refractivity contribution in [3.63, 3.8) is 0 Å². The second-order valence-electron chi connectivity index (χ2n) is 4.22. The Morgan fingerprint density at radius 3 is 1.81 bits per heavy atom. The van der Waals surface area contributed by atoms with Crippen LogP contribution in [0.5, 0.6) is 0 Å². The minimum Gasteiger partial charge on any atom is -0.320 e. The van der Waals surface area contributed by atoms with Gasteiger partial charge in [-0.1, -0.05) is 5.04 Å². The van der Waals surface area contributed by atoms with E-state index in [4.69, 9.17) is 9.81 Å². The Labute approximate surface area is 146 Å². The fourth-order valence-electron chi connectivity index (χ4n) is 1.26. The van der Waals surface area contributed by atoms with Gasteiger partial charge in [0.2, 0.25) is 0 Å². The largest absolute Gasteiger partial charge is 0.446 e. The van der Waals surface area contributed by atoms with Gasteiger partial charge in [-0.15, -0.1) is 4.33 Å². The minimum atomic E-state index is -6.00. The summed E-state index contributed by atoms with van der Waals surface area (Å²) >= 11 is -0.816. The van der Waals surface area contributed by atoms with Crippen molar-refractivity contribution in [1.82, 2.24) is 0 Å². The van der Waals surface area contributed by atoms with Gasteiger partial charge < -0.3 is 10.6 Å². The van der Waals surface area contributed by atoms with Gasteiger partial charge in [0.05, 0.1) is 0 Å². The average Bonchev–Trinajstić information content (AvgIpc) is 2.53. The smallest absolute Gasteiger partial charge is 0.320 e. The number of carbonyl (C=O) groups is 2. The maximum atomic E-state index is 13.2. The predicted molar refractivity (Wildman–Crippen MR) is 77.5 cm³/mol. The third-order valence-electron chi connectivity index (χ3n) is 2.42. The minimum absolute atomic E-state index is 0.264. The number of anilines is 2. The van der Waals surface area contributed by atoms with Crippen LogP contribution in [0.2, 0.25) is 0 Å². The van der Waals surface area contributed by atoms with E-state index in [1.54, 1.807) is 5.32 Å². The molecule has 0 unspecified atom stereocenters. The number of alkyl halides is 4. The number of carbonyl (C=O) groups excluding carboxylic acids is 2. The highest BCUT2D eigenvalue weighted by Crippen LogP contribution is 2.31. The average molecular weight is 424 g/mol. The molecule has 1 aromatic rings. The van der Waals surface area contributed by atoms with Gasteiger partial charge in [0.15, 0.2) is 0 Å². The number of nitrogens with one attached hydrogen (secondary N) is 2. The van der Waals surface area contributed by atoms with Crippen LogP contribution in [0.4, 0.5) is 28.9 Å². The molecule has 16 heteroatoms. The number of rotatable bonds is 8. The summed E-state index contributed by atoms with van der Waals surface area (Å²) in [4.78, 5) is 22.4. The maximum absolute atomic E-state index is 13.2. The first-order valence-electron chi connectivity index (χ1n) is 5.93. The molecule has 0 aliphatic rings. The molecule has 0 heterocycles. The van der Waals surface area contributed by atoms with Crippen LogP contribution < -0.4 is 10.6 Å². The van der Waals surface area contributed by atoms with Crippen molar-refractivity contribution in [2.24, 2.45) is 0 Å². The molecular formula is C10H8F4N2O8S2. The Hall–Kier alpha value is -1.98. The zero-order chi connectivity index (χ0) is 20.2. The Morgan fingerprint density at radius 1 is 1.00 bits per heavy atom. The van der Waals surface area contributed by atoms with Crippen molar-refractivity contribution in [2.45, 2.75) is 10.5 Å². The molecular weight excluding hydrogens is 416 g/mol. The summed E-state index contributed by atoms with van der Waals surface area (Å²) in [7, 11) is -6.00. The van der Waals surface area contributed by atoms with Crippen molar-refractivity contribution < 1.29 is 54.8 Å². The fraction of sp³-hybridized carbons (Fsp3) is 0.200. The van der Waals surface area contributed by atoms with Crippen LogP contribution in [0.1, 0.15) is 0 Å². The third-order valence-corrected chi connectivity index (χ3v) is 3.78. The van der Waals surface area contributed by atoms with Gasteiger partial charge in [-0.25, -0.2) is 5.26 Å². The number of hydrogen-bond acceptors (Lipinski definition) is 8. The molecule has 26 heavy (non-hydrogen) atoms. The lowest BCUT2D eigenvalue weighted by Gasteiger charge is -2.14. The van der Waals surface area contributed by atoms with E-state index >= 15 is 0 Å². The molecule has 0 saturated carbocycles. The summed E-state index contributed by atoms with van der Waals surface area (Å²) in [5.74, 6) is -4.25. The number of hydrogen-bond donors (Lipinski definition) is 4. The van der Waals surface area contributed by atoms with Gasteiger partial charge in [0, 0.05) is 11.4 Å². The highest BCUT2D eigenvalue weighted by molar-refractivity contribution is 7.96. The molecule has 0 aliphatic heterocycles. The Kier molecular flexibility index (Phi) is 6.91. The standard InChI is InChI=1S/C10H8F4N2O8S2/c11-9(12,25-24-23-19)7(17)15-5-1-3-6(4-2-5)16-8(18)10(13,14)26(20,21)22/h1-4,19H,(H,15,17)(H,16,18)(H,20,21,22). The van der Waals surface area contributed by atoms with Crippen LogP contribution in [0, 0.1) is 0 Å². The summed E-state index contributed by atoms with van der Waals surface area (Å²) in [5.41, 5.74) is -0.658. The monoisotopic (exact) mass is 424 g/mol. The summed E-state index contributed by atoms with van der Waals surface area (Å²) in [6.07, 6.45) is 0. The molecule has 0 spiro atoms. The second kappa shape index (κ2) is 8.14. The molecule has 10 nitrogen and oxygen atoms in total. The van der Waals surface area contributed by atoms with Crippen molar-refractivity contribution >= 4 is 45.4 Å². The van der Waals surface area contributed by atoms with E-state index < -0.39 is 50.2 Å². The van der Waals surface area contributed by atoms with E-state index in [1.807, 2.05) is 0 Å². The van der Waals surface area contributed by atoms with Gasteiger partial charge >= 0.3 is 32.4 Å². The molecule has 146 valence electrons.